The predicted octanol–water partition coefficient (Wildman–Crippen LogP) is 6.45. The van der Waals surface area contributed by atoms with Gasteiger partial charge in [-0.2, -0.15) is 5.10 Å². The molecule has 5 aromatic rings. The van der Waals surface area contributed by atoms with E-state index in [1.807, 2.05) is 86.0 Å². The predicted molar refractivity (Wildman–Crippen MR) is 154 cm³/mol. The number of benzene rings is 3. The normalized spacial score (nSPS) is 12.2. The SMILES string of the molecule is Cc1cc(/C=N/NC(=O)c2ccc(Nc3nc(-c4ccccc4)cs3)cc2)c(C)n1-c1ccc2c(c1)OCO2. The number of carbonyl (C=O) groups excluding carboxylic acids is 1. The van der Waals surface area contributed by atoms with Crippen molar-refractivity contribution >= 4 is 34.3 Å². The highest BCUT2D eigenvalue weighted by molar-refractivity contribution is 7.14. The topological polar surface area (TPSA) is 89.8 Å². The van der Waals surface area contributed by atoms with Crippen molar-refractivity contribution in [2.24, 2.45) is 5.10 Å². The smallest absolute Gasteiger partial charge is 0.271 e. The number of carbonyl (C=O) groups is 1. The molecule has 1 aliphatic heterocycles. The van der Waals surface area contributed by atoms with Crippen LogP contribution < -0.4 is 20.2 Å². The summed E-state index contributed by atoms with van der Waals surface area (Å²) in [5, 5.41) is 10.3. The van der Waals surface area contributed by atoms with Crippen LogP contribution in [-0.4, -0.2) is 28.5 Å². The molecule has 3 heterocycles. The van der Waals surface area contributed by atoms with Crippen LogP contribution in [0.3, 0.4) is 0 Å². The maximum atomic E-state index is 12.7. The van der Waals surface area contributed by atoms with Gasteiger partial charge in [0.2, 0.25) is 6.79 Å². The van der Waals surface area contributed by atoms with Crippen molar-refractivity contribution in [1.29, 1.82) is 0 Å². The quantitative estimate of drug-likeness (QED) is 0.185. The van der Waals surface area contributed by atoms with Crippen molar-refractivity contribution in [2.75, 3.05) is 12.1 Å². The fraction of sp³-hybridized carbons (Fsp3) is 0.100. The zero-order valence-electron chi connectivity index (χ0n) is 21.3. The lowest BCUT2D eigenvalue weighted by Crippen LogP contribution is -2.17. The maximum Gasteiger partial charge on any atom is 0.271 e. The second-order valence-electron chi connectivity index (χ2n) is 9.00. The Kier molecular flexibility index (Phi) is 6.56. The Bertz CT molecular complexity index is 1670. The number of aromatic nitrogens is 2. The van der Waals surface area contributed by atoms with Crippen LogP contribution in [-0.2, 0) is 0 Å². The lowest BCUT2D eigenvalue weighted by Gasteiger charge is -2.10. The van der Waals surface area contributed by atoms with E-state index in [-0.39, 0.29) is 12.7 Å². The third-order valence-corrected chi connectivity index (χ3v) is 7.18. The first-order valence-corrected chi connectivity index (χ1v) is 13.2. The molecule has 0 fully saturated rings. The van der Waals surface area contributed by atoms with Gasteiger partial charge in [-0.1, -0.05) is 30.3 Å². The molecule has 0 radical (unpaired) electrons. The standard InChI is InChI=1S/C30H25N5O3S/c1-19-14-23(20(2)35(19)25-12-13-27-28(15-25)38-18-37-27)16-31-34-29(36)22-8-10-24(11-9-22)32-30-33-26(17-39-30)21-6-4-3-5-7-21/h3-17H,18H2,1-2H3,(H,32,33)(H,34,36)/b31-16+. The van der Waals surface area contributed by atoms with Gasteiger partial charge in [0, 0.05) is 50.9 Å². The van der Waals surface area contributed by atoms with Crippen LogP contribution >= 0.6 is 11.3 Å². The van der Waals surface area contributed by atoms with Crippen molar-refractivity contribution in [3.8, 4) is 28.4 Å². The highest BCUT2D eigenvalue weighted by atomic mass is 32.1. The van der Waals surface area contributed by atoms with Crippen LogP contribution in [0, 0.1) is 13.8 Å². The van der Waals surface area contributed by atoms with E-state index < -0.39 is 0 Å². The number of hydrogen-bond donors (Lipinski definition) is 2. The number of amides is 1. The van der Waals surface area contributed by atoms with Crippen LogP contribution in [0.25, 0.3) is 16.9 Å². The van der Waals surface area contributed by atoms with Gasteiger partial charge in [0.15, 0.2) is 16.6 Å². The fourth-order valence-corrected chi connectivity index (χ4v) is 5.21. The summed E-state index contributed by atoms with van der Waals surface area (Å²) >= 11 is 1.53. The van der Waals surface area contributed by atoms with Crippen LogP contribution in [0.15, 0.2) is 89.3 Å². The average Bonchev–Trinajstić information content (AvgIpc) is 3.68. The van der Waals surface area contributed by atoms with E-state index in [9.17, 15) is 4.79 Å². The van der Waals surface area contributed by atoms with Gasteiger partial charge in [0.05, 0.1) is 11.9 Å². The zero-order valence-corrected chi connectivity index (χ0v) is 22.2. The second kappa shape index (κ2) is 10.5. The minimum absolute atomic E-state index is 0.237. The van der Waals surface area contributed by atoms with E-state index in [0.717, 1.165) is 56.2 Å². The molecule has 1 aliphatic rings. The number of anilines is 2. The largest absolute Gasteiger partial charge is 0.454 e. The van der Waals surface area contributed by atoms with Crippen LogP contribution in [0.5, 0.6) is 11.5 Å². The first kappa shape index (κ1) is 24.4. The van der Waals surface area contributed by atoms with Crippen LogP contribution in [0.1, 0.15) is 27.3 Å². The number of rotatable bonds is 7. The summed E-state index contributed by atoms with van der Waals surface area (Å²) in [4.78, 5) is 17.3. The molecule has 2 N–H and O–H groups in total. The number of nitrogens with zero attached hydrogens (tertiary/aromatic N) is 3. The minimum atomic E-state index is -0.289. The molecule has 3 aromatic carbocycles. The number of hydrogen-bond acceptors (Lipinski definition) is 7. The monoisotopic (exact) mass is 535 g/mol. The molecule has 0 bridgehead atoms. The first-order valence-electron chi connectivity index (χ1n) is 12.4. The molecule has 194 valence electrons. The molecule has 9 heteroatoms. The Morgan fingerprint density at radius 3 is 2.62 bits per heavy atom. The number of fused-ring (bicyclic) bond motifs is 1. The summed E-state index contributed by atoms with van der Waals surface area (Å²) in [6, 6.07) is 25.1. The third-order valence-electron chi connectivity index (χ3n) is 6.43. The zero-order chi connectivity index (χ0) is 26.8. The van der Waals surface area contributed by atoms with Crippen molar-refractivity contribution in [3.63, 3.8) is 0 Å². The number of nitrogens with one attached hydrogen (secondary N) is 2. The van der Waals surface area contributed by atoms with Crippen molar-refractivity contribution in [2.45, 2.75) is 13.8 Å². The molecule has 8 nitrogen and oxygen atoms in total. The minimum Gasteiger partial charge on any atom is -0.454 e. The molecule has 6 rings (SSSR count). The van der Waals surface area contributed by atoms with E-state index in [4.69, 9.17) is 9.47 Å². The van der Waals surface area contributed by atoms with Gasteiger partial charge in [-0.05, 0) is 56.3 Å². The number of aryl methyl sites for hydroxylation is 1. The van der Waals surface area contributed by atoms with Gasteiger partial charge in [0.25, 0.3) is 5.91 Å². The van der Waals surface area contributed by atoms with Gasteiger partial charge in [0.1, 0.15) is 0 Å². The molecule has 0 saturated heterocycles. The van der Waals surface area contributed by atoms with Gasteiger partial charge >= 0.3 is 0 Å². The molecular weight excluding hydrogens is 510 g/mol. The number of hydrazone groups is 1. The highest BCUT2D eigenvalue weighted by Crippen LogP contribution is 2.35. The summed E-state index contributed by atoms with van der Waals surface area (Å²) in [6.07, 6.45) is 1.66. The molecule has 39 heavy (non-hydrogen) atoms. The Morgan fingerprint density at radius 2 is 1.79 bits per heavy atom. The molecule has 0 aliphatic carbocycles. The van der Waals surface area contributed by atoms with Gasteiger partial charge in [-0.3, -0.25) is 4.79 Å². The fourth-order valence-electron chi connectivity index (χ4n) is 4.47. The van der Waals surface area contributed by atoms with Gasteiger partial charge < -0.3 is 19.4 Å². The molecule has 1 amide bonds. The molecule has 2 aromatic heterocycles. The Balaban J connectivity index is 1.09. The van der Waals surface area contributed by atoms with E-state index in [1.165, 1.54) is 11.3 Å². The summed E-state index contributed by atoms with van der Waals surface area (Å²) in [5.41, 5.74) is 9.89. The highest BCUT2D eigenvalue weighted by Gasteiger charge is 2.16. The van der Waals surface area contributed by atoms with E-state index in [2.05, 4.69) is 25.4 Å². The van der Waals surface area contributed by atoms with E-state index >= 15 is 0 Å². The molecular formula is C30H25N5O3S. The van der Waals surface area contributed by atoms with Crippen molar-refractivity contribution < 1.29 is 14.3 Å². The summed E-state index contributed by atoms with van der Waals surface area (Å²) in [6.45, 7) is 4.27. The Morgan fingerprint density at radius 1 is 1.00 bits per heavy atom. The van der Waals surface area contributed by atoms with E-state index in [0.29, 0.717) is 5.56 Å². The second-order valence-corrected chi connectivity index (χ2v) is 9.86. The number of ether oxygens (including phenoxy) is 2. The molecule has 0 saturated carbocycles. The summed E-state index contributed by atoms with van der Waals surface area (Å²) < 4.78 is 13.0. The average molecular weight is 536 g/mol. The van der Waals surface area contributed by atoms with Gasteiger partial charge in [-0.15, -0.1) is 11.3 Å². The van der Waals surface area contributed by atoms with Crippen LogP contribution in [0.2, 0.25) is 0 Å². The van der Waals surface area contributed by atoms with Crippen molar-refractivity contribution in [3.05, 3.63) is 107 Å². The Labute approximate surface area is 229 Å². The lowest BCUT2D eigenvalue weighted by atomic mass is 10.2. The van der Waals surface area contributed by atoms with Crippen molar-refractivity contribution in [1.82, 2.24) is 15.0 Å². The third kappa shape index (κ3) is 5.12. The first-order chi connectivity index (χ1) is 19.0. The lowest BCUT2D eigenvalue weighted by molar-refractivity contribution is 0.0955. The number of thiazole rings is 1. The Hall–Kier alpha value is -4.89. The van der Waals surface area contributed by atoms with Gasteiger partial charge in [-0.25, -0.2) is 10.4 Å². The molecule has 0 atom stereocenters. The summed E-state index contributed by atoms with van der Waals surface area (Å²) in [7, 11) is 0. The van der Waals surface area contributed by atoms with Crippen LogP contribution in [0.4, 0.5) is 10.8 Å². The summed E-state index contributed by atoms with van der Waals surface area (Å²) in [5.74, 6) is 1.19. The van der Waals surface area contributed by atoms with E-state index in [1.54, 1.807) is 18.3 Å². The molecule has 0 spiro atoms. The maximum absolute atomic E-state index is 12.7. The molecule has 0 unspecified atom stereocenters.